The Morgan fingerprint density at radius 2 is 1.88 bits per heavy atom. The molecule has 2 N–H and O–H groups in total. The first-order valence-electron chi connectivity index (χ1n) is 7.70. The Bertz CT molecular complexity index is 687. The first-order chi connectivity index (χ1) is 11.5. The Morgan fingerprint density at radius 1 is 1.17 bits per heavy atom. The molecule has 24 heavy (non-hydrogen) atoms. The van der Waals surface area contributed by atoms with Crippen LogP contribution in [0.25, 0.3) is 0 Å². The highest BCUT2D eigenvalue weighted by atomic mass is 19.1. The maximum Gasteiger partial charge on any atom is 0.251 e. The molecular weight excluding hydrogens is 309 g/mol. The van der Waals surface area contributed by atoms with Gasteiger partial charge in [0.25, 0.3) is 5.91 Å². The molecule has 0 radical (unpaired) electrons. The summed E-state index contributed by atoms with van der Waals surface area (Å²) in [6, 6.07) is 8.15. The summed E-state index contributed by atoms with van der Waals surface area (Å²) in [5.74, 6) is -1.20. The number of nitrogens with one attached hydrogen (secondary N) is 2. The Balaban J connectivity index is 1.99. The molecule has 1 aromatic heterocycles. The van der Waals surface area contributed by atoms with Crippen LogP contribution >= 0.6 is 0 Å². The van der Waals surface area contributed by atoms with Gasteiger partial charge in [-0.05, 0) is 41.8 Å². The zero-order chi connectivity index (χ0) is 17.5. The van der Waals surface area contributed by atoms with E-state index in [2.05, 4.69) is 15.6 Å². The highest BCUT2D eigenvalue weighted by Crippen LogP contribution is 2.07. The largest absolute Gasteiger partial charge is 0.350 e. The van der Waals surface area contributed by atoms with E-state index in [-0.39, 0.29) is 11.8 Å². The van der Waals surface area contributed by atoms with Crippen LogP contribution < -0.4 is 10.6 Å². The number of halogens is 1. The van der Waals surface area contributed by atoms with Crippen molar-refractivity contribution >= 4 is 11.8 Å². The summed E-state index contributed by atoms with van der Waals surface area (Å²) in [7, 11) is 0. The van der Waals surface area contributed by atoms with Gasteiger partial charge in [0.1, 0.15) is 11.9 Å². The average molecular weight is 329 g/mol. The summed E-state index contributed by atoms with van der Waals surface area (Å²) in [4.78, 5) is 28.6. The van der Waals surface area contributed by atoms with Gasteiger partial charge in [0.15, 0.2) is 0 Å². The number of rotatable bonds is 6. The van der Waals surface area contributed by atoms with Crippen molar-refractivity contribution in [2.75, 3.05) is 0 Å². The smallest absolute Gasteiger partial charge is 0.251 e. The molecule has 5 nitrogen and oxygen atoms in total. The van der Waals surface area contributed by atoms with Gasteiger partial charge >= 0.3 is 0 Å². The fraction of sp³-hybridized carbons (Fsp3) is 0.278. The lowest BCUT2D eigenvalue weighted by molar-refractivity contribution is -0.124. The van der Waals surface area contributed by atoms with E-state index in [4.69, 9.17) is 0 Å². The fourth-order valence-electron chi connectivity index (χ4n) is 2.16. The zero-order valence-corrected chi connectivity index (χ0v) is 13.6. The van der Waals surface area contributed by atoms with Crippen molar-refractivity contribution in [1.29, 1.82) is 0 Å². The molecule has 0 saturated carbocycles. The highest BCUT2D eigenvalue weighted by Gasteiger charge is 2.24. The van der Waals surface area contributed by atoms with Gasteiger partial charge in [-0.2, -0.15) is 0 Å². The fourth-order valence-corrected chi connectivity index (χ4v) is 2.16. The SMILES string of the molecule is CC(C)[C@H](NC(=O)c1ccc(F)cc1)C(=O)NCc1cccnc1. The van der Waals surface area contributed by atoms with E-state index in [1.807, 2.05) is 19.9 Å². The van der Waals surface area contributed by atoms with Gasteiger partial charge in [-0.15, -0.1) is 0 Å². The third kappa shape index (κ3) is 4.87. The van der Waals surface area contributed by atoms with E-state index >= 15 is 0 Å². The van der Waals surface area contributed by atoms with E-state index in [0.717, 1.165) is 5.56 Å². The molecule has 1 atom stereocenters. The minimum absolute atomic E-state index is 0.0942. The van der Waals surface area contributed by atoms with Gasteiger partial charge in [0.2, 0.25) is 5.91 Å². The first-order valence-corrected chi connectivity index (χ1v) is 7.70. The number of carbonyl (C=O) groups is 2. The van der Waals surface area contributed by atoms with Gasteiger partial charge < -0.3 is 10.6 Å². The quantitative estimate of drug-likeness (QED) is 0.854. The minimum atomic E-state index is -0.681. The van der Waals surface area contributed by atoms with Gasteiger partial charge in [-0.1, -0.05) is 19.9 Å². The highest BCUT2D eigenvalue weighted by molar-refractivity contribution is 5.97. The Hall–Kier alpha value is -2.76. The predicted octanol–water partition coefficient (Wildman–Crippen LogP) is 2.29. The monoisotopic (exact) mass is 329 g/mol. The van der Waals surface area contributed by atoms with Crippen molar-refractivity contribution in [3.8, 4) is 0 Å². The molecule has 2 rings (SSSR count). The van der Waals surface area contributed by atoms with Crippen LogP contribution in [0.3, 0.4) is 0 Å². The summed E-state index contributed by atoms with van der Waals surface area (Å²) in [5.41, 5.74) is 1.18. The van der Waals surface area contributed by atoms with Crippen LogP contribution in [0.5, 0.6) is 0 Å². The van der Waals surface area contributed by atoms with E-state index in [9.17, 15) is 14.0 Å². The van der Waals surface area contributed by atoms with Crippen molar-refractivity contribution in [1.82, 2.24) is 15.6 Å². The third-order valence-corrected chi connectivity index (χ3v) is 3.53. The Kier molecular flexibility index (Phi) is 6.01. The topological polar surface area (TPSA) is 71.1 Å². The molecule has 0 aliphatic heterocycles. The van der Waals surface area contributed by atoms with Crippen LogP contribution in [0.4, 0.5) is 4.39 Å². The number of nitrogens with zero attached hydrogens (tertiary/aromatic N) is 1. The van der Waals surface area contributed by atoms with Gasteiger partial charge in [0, 0.05) is 24.5 Å². The average Bonchev–Trinajstić information content (AvgIpc) is 2.58. The molecule has 126 valence electrons. The van der Waals surface area contributed by atoms with Crippen LogP contribution in [0.2, 0.25) is 0 Å². The van der Waals surface area contributed by atoms with Crippen LogP contribution in [0, 0.1) is 11.7 Å². The molecule has 6 heteroatoms. The number of carbonyl (C=O) groups excluding carboxylic acids is 2. The molecular formula is C18H20FN3O2. The number of benzene rings is 1. The number of hydrogen-bond donors (Lipinski definition) is 2. The van der Waals surface area contributed by atoms with Crippen molar-refractivity contribution in [3.63, 3.8) is 0 Å². The summed E-state index contributed by atoms with van der Waals surface area (Å²) < 4.78 is 12.9. The minimum Gasteiger partial charge on any atom is -0.350 e. The molecule has 1 aromatic carbocycles. The molecule has 2 amide bonds. The second-order valence-corrected chi connectivity index (χ2v) is 5.78. The molecule has 0 bridgehead atoms. The van der Waals surface area contributed by atoms with Crippen molar-refractivity contribution in [3.05, 3.63) is 65.7 Å². The molecule has 0 spiro atoms. The molecule has 0 unspecified atom stereocenters. The number of amides is 2. The van der Waals surface area contributed by atoms with Gasteiger partial charge in [-0.3, -0.25) is 14.6 Å². The number of aromatic nitrogens is 1. The van der Waals surface area contributed by atoms with Crippen molar-refractivity contribution < 1.29 is 14.0 Å². The van der Waals surface area contributed by atoms with Crippen molar-refractivity contribution in [2.45, 2.75) is 26.4 Å². The van der Waals surface area contributed by atoms with E-state index in [1.165, 1.54) is 24.3 Å². The molecule has 1 heterocycles. The Labute approximate surface area is 140 Å². The second-order valence-electron chi connectivity index (χ2n) is 5.78. The van der Waals surface area contributed by atoms with Crippen LogP contribution in [0.15, 0.2) is 48.8 Å². The van der Waals surface area contributed by atoms with E-state index in [0.29, 0.717) is 12.1 Å². The standard InChI is InChI=1S/C18H20FN3O2/c1-12(2)16(18(24)21-11-13-4-3-9-20-10-13)22-17(23)14-5-7-15(19)8-6-14/h3-10,12,16H,11H2,1-2H3,(H,21,24)(H,22,23)/t16-/m0/s1. The summed E-state index contributed by atoms with van der Waals surface area (Å²) in [6.45, 7) is 4.03. The maximum absolute atomic E-state index is 12.9. The van der Waals surface area contributed by atoms with Crippen molar-refractivity contribution in [2.24, 2.45) is 5.92 Å². The predicted molar refractivity (Wildman–Crippen MR) is 88.6 cm³/mol. The van der Waals surface area contributed by atoms with Gasteiger partial charge in [0.05, 0.1) is 0 Å². The molecule has 0 saturated heterocycles. The maximum atomic E-state index is 12.9. The molecule has 0 aliphatic carbocycles. The molecule has 0 fully saturated rings. The summed E-state index contributed by atoms with van der Waals surface area (Å²) in [5, 5.41) is 5.49. The van der Waals surface area contributed by atoms with E-state index < -0.39 is 17.8 Å². The lowest BCUT2D eigenvalue weighted by Gasteiger charge is -2.21. The van der Waals surface area contributed by atoms with Crippen LogP contribution in [-0.2, 0) is 11.3 Å². The van der Waals surface area contributed by atoms with E-state index in [1.54, 1.807) is 18.5 Å². The molecule has 0 aliphatic rings. The normalized spacial score (nSPS) is 11.8. The second kappa shape index (κ2) is 8.19. The summed E-state index contributed by atoms with van der Waals surface area (Å²) in [6.07, 6.45) is 3.33. The summed E-state index contributed by atoms with van der Waals surface area (Å²) >= 11 is 0. The Morgan fingerprint density at radius 3 is 2.46 bits per heavy atom. The lowest BCUT2D eigenvalue weighted by atomic mass is 10.0. The lowest BCUT2D eigenvalue weighted by Crippen LogP contribution is -2.49. The van der Waals surface area contributed by atoms with Crippen LogP contribution in [-0.4, -0.2) is 22.8 Å². The molecule has 2 aromatic rings. The van der Waals surface area contributed by atoms with Gasteiger partial charge in [-0.25, -0.2) is 4.39 Å². The zero-order valence-electron chi connectivity index (χ0n) is 13.6. The first kappa shape index (κ1) is 17.6. The van der Waals surface area contributed by atoms with Crippen LogP contribution in [0.1, 0.15) is 29.8 Å². The number of hydrogen-bond acceptors (Lipinski definition) is 3. The number of pyridine rings is 1. The third-order valence-electron chi connectivity index (χ3n) is 3.53.